The minimum Gasteiger partial charge on any atom is -0.314 e. The Morgan fingerprint density at radius 3 is 2.04 bits per heavy atom. The third kappa shape index (κ3) is 3.37. The lowest BCUT2D eigenvalue weighted by atomic mass is 10.1. The minimum absolute atomic E-state index is 0.0167. The molecular weight excluding hydrogens is 352 g/mol. The van der Waals surface area contributed by atoms with Crippen LogP contribution < -0.4 is 5.32 Å². The number of amides is 4. The van der Waals surface area contributed by atoms with E-state index in [1.54, 1.807) is 9.80 Å². The minimum atomic E-state index is -0.656. The van der Waals surface area contributed by atoms with E-state index in [0.29, 0.717) is 36.9 Å². The predicted molar refractivity (Wildman–Crippen MR) is 102 cm³/mol. The van der Waals surface area contributed by atoms with E-state index in [9.17, 15) is 9.59 Å². The molecule has 2 rings (SSSR count). The average molecular weight is 379 g/mol. The highest BCUT2D eigenvalue weighted by Gasteiger charge is 2.62. The number of carbonyl (C=O) groups is 2. The standard InChI is InChI=1S/C14H26N4O2S3/c1-14-11(15-12(19)17(14)6-3-9-22)16(5-2-8-21)13(20)18(14)7-4-10-23/h11,21-23H,2-10H2,1H3,(H,15,19). The second-order valence-electron chi connectivity index (χ2n) is 5.96. The molecule has 0 aliphatic carbocycles. The molecule has 0 radical (unpaired) electrons. The van der Waals surface area contributed by atoms with Gasteiger partial charge in [0.25, 0.3) is 0 Å². The van der Waals surface area contributed by atoms with Crippen molar-refractivity contribution in [3.63, 3.8) is 0 Å². The number of hydrogen-bond acceptors (Lipinski definition) is 5. The molecule has 23 heavy (non-hydrogen) atoms. The smallest absolute Gasteiger partial charge is 0.314 e. The fraction of sp³-hybridized carbons (Fsp3) is 0.857. The van der Waals surface area contributed by atoms with E-state index in [-0.39, 0.29) is 18.2 Å². The quantitative estimate of drug-likeness (QED) is 0.462. The van der Waals surface area contributed by atoms with Crippen LogP contribution in [0.15, 0.2) is 0 Å². The molecule has 6 nitrogen and oxygen atoms in total. The van der Waals surface area contributed by atoms with Gasteiger partial charge in [-0.15, -0.1) is 0 Å². The molecule has 0 spiro atoms. The first-order chi connectivity index (χ1) is 11.0. The lowest BCUT2D eigenvalue weighted by Gasteiger charge is -2.39. The lowest BCUT2D eigenvalue weighted by molar-refractivity contribution is 0.0409. The van der Waals surface area contributed by atoms with Crippen LogP contribution in [0.25, 0.3) is 0 Å². The first kappa shape index (κ1) is 18.9. The monoisotopic (exact) mass is 378 g/mol. The van der Waals surface area contributed by atoms with Gasteiger partial charge in [0.05, 0.1) is 0 Å². The van der Waals surface area contributed by atoms with Gasteiger partial charge in [0, 0.05) is 19.6 Å². The average Bonchev–Trinajstić information content (AvgIpc) is 2.88. The second kappa shape index (κ2) is 8.11. The summed E-state index contributed by atoms with van der Waals surface area (Å²) in [5.41, 5.74) is -0.656. The summed E-state index contributed by atoms with van der Waals surface area (Å²) < 4.78 is 0. The first-order valence-electron chi connectivity index (χ1n) is 8.01. The summed E-state index contributed by atoms with van der Waals surface area (Å²) >= 11 is 12.7. The van der Waals surface area contributed by atoms with E-state index in [1.165, 1.54) is 0 Å². The van der Waals surface area contributed by atoms with Crippen molar-refractivity contribution in [3.8, 4) is 0 Å². The highest BCUT2D eigenvalue weighted by Crippen LogP contribution is 2.39. The number of nitrogens with zero attached hydrogens (tertiary/aromatic N) is 3. The zero-order valence-electron chi connectivity index (χ0n) is 13.4. The number of hydrogen-bond donors (Lipinski definition) is 4. The summed E-state index contributed by atoms with van der Waals surface area (Å²) in [5.74, 6) is 2.12. The molecule has 2 atom stereocenters. The van der Waals surface area contributed by atoms with Crippen molar-refractivity contribution in [2.75, 3.05) is 36.9 Å². The number of fused-ring (bicyclic) bond motifs is 1. The van der Waals surface area contributed by atoms with E-state index < -0.39 is 5.66 Å². The number of nitrogens with one attached hydrogen (secondary N) is 1. The summed E-state index contributed by atoms with van der Waals surface area (Å²) in [4.78, 5) is 30.7. The molecule has 2 unspecified atom stereocenters. The summed E-state index contributed by atoms with van der Waals surface area (Å²) in [6, 6.07) is -0.129. The van der Waals surface area contributed by atoms with Crippen LogP contribution in [0.4, 0.5) is 9.59 Å². The fourth-order valence-corrected chi connectivity index (χ4v) is 3.81. The Labute approximate surface area is 154 Å². The molecule has 1 N–H and O–H groups in total. The van der Waals surface area contributed by atoms with Gasteiger partial charge in [0.2, 0.25) is 0 Å². The Hall–Kier alpha value is -0.410. The molecule has 0 saturated carbocycles. The van der Waals surface area contributed by atoms with Crippen LogP contribution in [-0.2, 0) is 0 Å². The first-order valence-corrected chi connectivity index (χ1v) is 9.91. The molecule has 0 bridgehead atoms. The topological polar surface area (TPSA) is 55.9 Å². The van der Waals surface area contributed by atoms with Crippen molar-refractivity contribution in [3.05, 3.63) is 0 Å². The molecule has 2 saturated heterocycles. The molecule has 2 fully saturated rings. The second-order valence-corrected chi connectivity index (χ2v) is 7.30. The summed E-state index contributed by atoms with van der Waals surface area (Å²) in [5, 5.41) is 2.99. The number of carbonyl (C=O) groups excluding carboxylic acids is 2. The molecule has 0 aromatic carbocycles. The maximum atomic E-state index is 12.9. The molecular formula is C14H26N4O2S3. The highest BCUT2D eigenvalue weighted by molar-refractivity contribution is 7.80. The zero-order valence-corrected chi connectivity index (χ0v) is 16.1. The number of thiol groups is 3. The third-order valence-corrected chi connectivity index (χ3v) is 5.49. The van der Waals surface area contributed by atoms with Crippen molar-refractivity contribution in [2.45, 2.75) is 38.0 Å². The predicted octanol–water partition coefficient (Wildman–Crippen LogP) is 1.75. The van der Waals surface area contributed by atoms with E-state index in [2.05, 4.69) is 43.2 Å². The number of rotatable bonds is 9. The maximum Gasteiger partial charge on any atom is 0.323 e. The lowest BCUT2D eigenvalue weighted by Crippen LogP contribution is -2.58. The summed E-state index contributed by atoms with van der Waals surface area (Å²) in [7, 11) is 0. The van der Waals surface area contributed by atoms with Crippen LogP contribution in [0.5, 0.6) is 0 Å². The van der Waals surface area contributed by atoms with Crippen molar-refractivity contribution >= 4 is 49.9 Å². The van der Waals surface area contributed by atoms with Crippen molar-refractivity contribution in [1.82, 2.24) is 20.0 Å². The van der Waals surface area contributed by atoms with Crippen molar-refractivity contribution in [1.29, 1.82) is 0 Å². The van der Waals surface area contributed by atoms with Crippen molar-refractivity contribution in [2.24, 2.45) is 0 Å². The fourth-order valence-electron chi connectivity index (χ4n) is 3.38. The molecule has 2 aliphatic rings. The van der Waals surface area contributed by atoms with Gasteiger partial charge in [0.1, 0.15) is 6.17 Å². The van der Waals surface area contributed by atoms with Gasteiger partial charge in [-0.2, -0.15) is 37.9 Å². The maximum absolute atomic E-state index is 12.9. The van der Waals surface area contributed by atoms with Crippen molar-refractivity contribution < 1.29 is 9.59 Å². The Morgan fingerprint density at radius 1 is 0.957 bits per heavy atom. The van der Waals surface area contributed by atoms with Crippen LogP contribution in [0.2, 0.25) is 0 Å². The van der Waals surface area contributed by atoms with Gasteiger partial charge >= 0.3 is 12.1 Å². The largest absolute Gasteiger partial charge is 0.323 e. The van der Waals surface area contributed by atoms with E-state index >= 15 is 0 Å². The normalized spacial score (nSPS) is 27.0. The molecule has 2 aliphatic heterocycles. The van der Waals surface area contributed by atoms with Gasteiger partial charge < -0.3 is 5.32 Å². The van der Waals surface area contributed by atoms with Gasteiger partial charge in [0.15, 0.2) is 5.66 Å². The van der Waals surface area contributed by atoms with Gasteiger partial charge in [-0.3, -0.25) is 14.7 Å². The Morgan fingerprint density at radius 2 is 1.48 bits per heavy atom. The molecule has 4 amide bonds. The Kier molecular flexibility index (Phi) is 6.67. The van der Waals surface area contributed by atoms with Gasteiger partial charge in [-0.05, 0) is 43.4 Å². The molecule has 0 aromatic heterocycles. The summed E-state index contributed by atoms with van der Waals surface area (Å²) in [6.07, 6.45) is 2.08. The molecule has 2 heterocycles. The molecule has 132 valence electrons. The van der Waals surface area contributed by atoms with E-state index in [0.717, 1.165) is 19.3 Å². The third-order valence-electron chi connectivity index (χ3n) is 4.54. The van der Waals surface area contributed by atoms with E-state index in [4.69, 9.17) is 0 Å². The van der Waals surface area contributed by atoms with Crippen LogP contribution in [-0.4, -0.2) is 75.5 Å². The SMILES string of the molecule is CC12C(NC(=O)N1CCCS)N(CCCS)C(=O)N2CCCS. The molecule has 9 heteroatoms. The number of urea groups is 2. The van der Waals surface area contributed by atoms with Gasteiger partial charge in [-0.25, -0.2) is 9.59 Å². The Balaban J connectivity index is 2.29. The zero-order chi connectivity index (χ0) is 17.0. The van der Waals surface area contributed by atoms with Crippen LogP contribution in [0, 0.1) is 0 Å². The van der Waals surface area contributed by atoms with Crippen LogP contribution >= 0.6 is 37.9 Å². The highest BCUT2D eigenvalue weighted by atomic mass is 32.1. The van der Waals surface area contributed by atoms with Gasteiger partial charge in [-0.1, -0.05) is 0 Å². The van der Waals surface area contributed by atoms with E-state index in [1.807, 2.05) is 11.8 Å². The van der Waals surface area contributed by atoms with Crippen LogP contribution in [0.1, 0.15) is 26.2 Å². The summed E-state index contributed by atoms with van der Waals surface area (Å²) in [6.45, 7) is 3.76. The van der Waals surface area contributed by atoms with Crippen LogP contribution in [0.3, 0.4) is 0 Å². The molecule has 0 aromatic rings. The Bertz CT molecular complexity index is 454.